The van der Waals surface area contributed by atoms with Gasteiger partial charge >= 0.3 is 0 Å². The van der Waals surface area contributed by atoms with Crippen molar-refractivity contribution in [2.45, 2.75) is 44.6 Å². The van der Waals surface area contributed by atoms with E-state index in [0.29, 0.717) is 11.6 Å². The molecule has 0 saturated heterocycles. The largest absolute Gasteiger partial charge is 0.436 e. The summed E-state index contributed by atoms with van der Waals surface area (Å²) in [5.41, 5.74) is 0.176. The lowest BCUT2D eigenvalue weighted by Crippen LogP contribution is -2.31. The van der Waals surface area contributed by atoms with Crippen molar-refractivity contribution in [1.29, 1.82) is 0 Å². The molecule has 2 aromatic heterocycles. The van der Waals surface area contributed by atoms with E-state index >= 15 is 0 Å². The second-order valence-corrected chi connectivity index (χ2v) is 9.07. The summed E-state index contributed by atoms with van der Waals surface area (Å²) < 4.78 is 28.4. The summed E-state index contributed by atoms with van der Waals surface area (Å²) in [5.74, 6) is 1.10. The highest BCUT2D eigenvalue weighted by Gasteiger charge is 2.24. The van der Waals surface area contributed by atoms with Gasteiger partial charge in [0.1, 0.15) is 17.1 Å². The Bertz CT molecular complexity index is 987. The van der Waals surface area contributed by atoms with Crippen LogP contribution in [0.2, 0.25) is 0 Å². The zero-order chi connectivity index (χ0) is 20.9. The predicted molar refractivity (Wildman–Crippen MR) is 108 cm³/mol. The second kappa shape index (κ2) is 9.13. The number of amides is 1. The third-order valence-corrected chi connectivity index (χ3v) is 5.21. The quantitative estimate of drug-likeness (QED) is 0.738. The fourth-order valence-electron chi connectivity index (χ4n) is 3.11. The standard InChI is InChI=1S/C20H24N4O4S/c1-14(9-11-29(2,26)27)23-19(25)17-13-22-18(15-6-3-4-7-15)24-20(17)28-16-8-5-10-21-12-16/h5,8-15H,3-4,6-7H2,1-2H3,(H,23,25). The molecule has 2 heterocycles. The van der Waals surface area contributed by atoms with Crippen molar-refractivity contribution in [3.05, 3.63) is 53.6 Å². The number of carbonyl (C=O) groups is 1. The second-order valence-electron chi connectivity index (χ2n) is 7.14. The van der Waals surface area contributed by atoms with E-state index in [2.05, 4.69) is 20.3 Å². The van der Waals surface area contributed by atoms with E-state index in [1.165, 1.54) is 18.5 Å². The lowest BCUT2D eigenvalue weighted by Gasteiger charge is -2.15. The summed E-state index contributed by atoms with van der Waals surface area (Å²) in [6, 6.07) is 2.95. The van der Waals surface area contributed by atoms with Gasteiger partial charge in [-0.1, -0.05) is 18.9 Å². The molecule has 3 rings (SSSR count). The molecule has 0 radical (unpaired) electrons. The zero-order valence-corrected chi connectivity index (χ0v) is 17.2. The molecule has 1 aliphatic carbocycles. The minimum Gasteiger partial charge on any atom is -0.436 e. The molecule has 9 heteroatoms. The van der Waals surface area contributed by atoms with E-state index in [1.54, 1.807) is 25.3 Å². The maximum Gasteiger partial charge on any atom is 0.258 e. The molecule has 0 aliphatic heterocycles. The summed E-state index contributed by atoms with van der Waals surface area (Å²) >= 11 is 0. The summed E-state index contributed by atoms with van der Waals surface area (Å²) in [7, 11) is -3.27. The molecule has 1 unspecified atom stereocenters. The van der Waals surface area contributed by atoms with Gasteiger partial charge in [0.05, 0.1) is 6.20 Å². The van der Waals surface area contributed by atoms with Gasteiger partial charge in [0.15, 0.2) is 9.84 Å². The molecule has 1 aliphatic rings. The summed E-state index contributed by atoms with van der Waals surface area (Å²) in [6.45, 7) is 1.68. The number of hydrogen-bond donors (Lipinski definition) is 1. The summed E-state index contributed by atoms with van der Waals surface area (Å²) in [6.07, 6.45) is 11.4. The normalized spacial score (nSPS) is 16.1. The minimum absolute atomic E-state index is 0.159. The van der Waals surface area contributed by atoms with Crippen LogP contribution >= 0.6 is 0 Å². The van der Waals surface area contributed by atoms with Gasteiger partial charge in [0, 0.05) is 36.0 Å². The first-order chi connectivity index (χ1) is 13.8. The van der Waals surface area contributed by atoms with Crippen molar-refractivity contribution in [2.75, 3.05) is 6.26 Å². The van der Waals surface area contributed by atoms with Gasteiger partial charge in [-0.25, -0.2) is 13.4 Å². The van der Waals surface area contributed by atoms with E-state index in [9.17, 15) is 13.2 Å². The van der Waals surface area contributed by atoms with Crippen LogP contribution in [-0.2, 0) is 9.84 Å². The van der Waals surface area contributed by atoms with E-state index in [0.717, 1.165) is 37.3 Å². The highest BCUT2D eigenvalue weighted by atomic mass is 32.2. The molecule has 1 amide bonds. The van der Waals surface area contributed by atoms with E-state index in [-0.39, 0.29) is 17.4 Å². The molecule has 0 bridgehead atoms. The van der Waals surface area contributed by atoms with Crippen LogP contribution < -0.4 is 10.1 Å². The van der Waals surface area contributed by atoms with Gasteiger partial charge < -0.3 is 10.1 Å². The number of aromatic nitrogens is 3. The molecule has 154 valence electrons. The SMILES string of the molecule is CC(C=CS(C)(=O)=O)NC(=O)c1cnc(C2CCCC2)nc1Oc1cccnc1. The molecular weight excluding hydrogens is 392 g/mol. The van der Waals surface area contributed by atoms with Gasteiger partial charge in [0.2, 0.25) is 5.88 Å². The maximum atomic E-state index is 12.8. The highest BCUT2D eigenvalue weighted by Crippen LogP contribution is 2.33. The molecule has 1 fully saturated rings. The molecular formula is C20H24N4O4S. The number of rotatable bonds is 7. The highest BCUT2D eigenvalue weighted by molar-refractivity contribution is 7.93. The Morgan fingerprint density at radius 3 is 2.72 bits per heavy atom. The number of nitrogens with one attached hydrogen (secondary N) is 1. The Hall–Kier alpha value is -2.81. The van der Waals surface area contributed by atoms with Gasteiger partial charge in [-0.3, -0.25) is 9.78 Å². The van der Waals surface area contributed by atoms with Crippen LogP contribution in [0.5, 0.6) is 11.6 Å². The molecule has 1 atom stereocenters. The van der Waals surface area contributed by atoms with E-state index in [4.69, 9.17) is 4.74 Å². The monoisotopic (exact) mass is 416 g/mol. The third kappa shape index (κ3) is 6.08. The van der Waals surface area contributed by atoms with E-state index < -0.39 is 21.8 Å². The van der Waals surface area contributed by atoms with Crippen LogP contribution in [0.3, 0.4) is 0 Å². The van der Waals surface area contributed by atoms with Crippen molar-refractivity contribution >= 4 is 15.7 Å². The lowest BCUT2D eigenvalue weighted by molar-refractivity contribution is 0.0943. The zero-order valence-electron chi connectivity index (χ0n) is 16.4. The van der Waals surface area contributed by atoms with Gasteiger partial charge in [-0.05, 0) is 31.9 Å². The Morgan fingerprint density at radius 1 is 1.31 bits per heavy atom. The number of pyridine rings is 1. The first-order valence-corrected chi connectivity index (χ1v) is 11.4. The molecule has 8 nitrogen and oxygen atoms in total. The number of sulfone groups is 1. The molecule has 0 aromatic carbocycles. The number of ether oxygens (including phenoxy) is 1. The van der Waals surface area contributed by atoms with Crippen molar-refractivity contribution in [2.24, 2.45) is 0 Å². The van der Waals surface area contributed by atoms with Gasteiger partial charge in [-0.2, -0.15) is 4.98 Å². The first kappa shape index (κ1) is 20.9. The van der Waals surface area contributed by atoms with Crippen molar-refractivity contribution in [3.8, 4) is 11.6 Å². The topological polar surface area (TPSA) is 111 Å². The van der Waals surface area contributed by atoms with Crippen LogP contribution in [0, 0.1) is 0 Å². The van der Waals surface area contributed by atoms with Crippen LogP contribution in [0.4, 0.5) is 0 Å². The predicted octanol–water partition coefficient (Wildman–Crippen LogP) is 3.00. The number of hydrogen-bond acceptors (Lipinski definition) is 7. The Labute approximate surface area is 170 Å². The van der Waals surface area contributed by atoms with Crippen LogP contribution in [-0.4, -0.2) is 41.6 Å². The van der Waals surface area contributed by atoms with Gasteiger partial charge in [-0.15, -0.1) is 0 Å². The summed E-state index contributed by atoms with van der Waals surface area (Å²) in [4.78, 5) is 25.7. The molecule has 1 N–H and O–H groups in total. The van der Waals surface area contributed by atoms with Crippen LogP contribution in [0.1, 0.15) is 54.7 Å². The average Bonchev–Trinajstić information content (AvgIpc) is 3.21. The Kier molecular flexibility index (Phi) is 6.58. The molecule has 1 saturated carbocycles. The minimum atomic E-state index is -3.27. The number of nitrogens with zero attached hydrogens (tertiary/aromatic N) is 3. The Morgan fingerprint density at radius 2 is 2.07 bits per heavy atom. The maximum absolute atomic E-state index is 12.8. The van der Waals surface area contributed by atoms with E-state index in [1.807, 2.05) is 0 Å². The Balaban J connectivity index is 1.85. The van der Waals surface area contributed by atoms with Crippen molar-refractivity contribution < 1.29 is 17.9 Å². The van der Waals surface area contributed by atoms with Crippen molar-refractivity contribution in [1.82, 2.24) is 20.3 Å². The molecule has 29 heavy (non-hydrogen) atoms. The van der Waals surface area contributed by atoms with Gasteiger partial charge in [0.25, 0.3) is 5.91 Å². The fourth-order valence-corrected chi connectivity index (χ4v) is 3.63. The smallest absolute Gasteiger partial charge is 0.258 e. The fraction of sp³-hybridized carbons (Fsp3) is 0.400. The lowest BCUT2D eigenvalue weighted by atomic mass is 10.1. The van der Waals surface area contributed by atoms with Crippen LogP contribution in [0.25, 0.3) is 0 Å². The third-order valence-electron chi connectivity index (χ3n) is 4.56. The summed E-state index contributed by atoms with van der Waals surface area (Å²) in [5, 5.41) is 3.78. The van der Waals surface area contributed by atoms with Crippen molar-refractivity contribution in [3.63, 3.8) is 0 Å². The number of carbonyl (C=O) groups excluding carboxylic acids is 1. The van der Waals surface area contributed by atoms with Crippen LogP contribution in [0.15, 0.2) is 42.2 Å². The molecule has 2 aromatic rings. The first-order valence-electron chi connectivity index (χ1n) is 9.46. The molecule has 0 spiro atoms. The average molecular weight is 417 g/mol.